The standard InChI is InChI=1S/C24H36N8O9S/c25-14(8-12-3-5-13(33)6-4-12)20(37)31-15(2-1-7-28-24(26)27)21(38)29-10-18(34)30-16(9-19(35)36)22(39)32-17(11-42)23(40)41/h3-6,14-17,33,42H,1-2,7-11,25H2,(H,29,38)(H,30,34)(H,31,37)(H,32,39)(H,35,36)(H,40,41)(H4,26,27,28). The fraction of sp³-hybridized carbons (Fsp3) is 0.458. The lowest BCUT2D eigenvalue weighted by Crippen LogP contribution is -2.55. The summed E-state index contributed by atoms with van der Waals surface area (Å²) >= 11 is 3.80. The fourth-order valence-corrected chi connectivity index (χ4v) is 3.65. The zero-order valence-electron chi connectivity index (χ0n) is 22.5. The van der Waals surface area contributed by atoms with Crippen molar-refractivity contribution in [2.45, 2.75) is 49.9 Å². The van der Waals surface area contributed by atoms with Gasteiger partial charge in [-0.1, -0.05) is 12.1 Å². The number of carbonyl (C=O) groups excluding carboxylic acids is 4. The van der Waals surface area contributed by atoms with Crippen LogP contribution in [0.1, 0.15) is 24.8 Å². The number of phenolic OH excluding ortho intramolecular Hbond substituents is 1. The number of nitrogens with two attached hydrogens (primary N) is 3. The van der Waals surface area contributed by atoms with Gasteiger partial charge in [-0.2, -0.15) is 12.6 Å². The Hall–Kier alpha value is -4.58. The molecule has 17 nitrogen and oxygen atoms in total. The number of hydrogen-bond acceptors (Lipinski definition) is 10. The van der Waals surface area contributed by atoms with Crippen molar-refractivity contribution in [2.75, 3.05) is 18.8 Å². The van der Waals surface area contributed by atoms with Gasteiger partial charge in [-0.05, 0) is 37.0 Å². The molecule has 0 aliphatic heterocycles. The number of amides is 4. The predicted molar refractivity (Wildman–Crippen MR) is 152 cm³/mol. The number of aliphatic carboxylic acids is 2. The lowest BCUT2D eigenvalue weighted by molar-refractivity contribution is -0.143. The summed E-state index contributed by atoms with van der Waals surface area (Å²) in [6.07, 6.45) is -0.467. The quantitative estimate of drug-likeness (QED) is 0.0331. The Morgan fingerprint density at radius 3 is 2.05 bits per heavy atom. The molecule has 0 bridgehead atoms. The number of carbonyl (C=O) groups is 6. The molecule has 232 valence electrons. The Balaban J connectivity index is 2.86. The van der Waals surface area contributed by atoms with Gasteiger partial charge in [-0.3, -0.25) is 29.0 Å². The molecule has 0 saturated heterocycles. The van der Waals surface area contributed by atoms with Gasteiger partial charge in [0.15, 0.2) is 5.96 Å². The first kappa shape index (κ1) is 35.4. The van der Waals surface area contributed by atoms with Crippen LogP contribution in [0.5, 0.6) is 5.75 Å². The minimum atomic E-state index is -1.65. The van der Waals surface area contributed by atoms with E-state index in [0.717, 1.165) is 0 Å². The summed E-state index contributed by atoms with van der Waals surface area (Å²) in [7, 11) is 0. The number of aliphatic imine (C=N–C) groups is 1. The number of benzene rings is 1. The number of carboxylic acids is 2. The summed E-state index contributed by atoms with van der Waals surface area (Å²) in [4.78, 5) is 76.6. The molecule has 0 spiro atoms. The van der Waals surface area contributed by atoms with E-state index in [2.05, 4.69) is 38.9 Å². The molecule has 4 amide bonds. The third-order valence-electron chi connectivity index (χ3n) is 5.56. The summed E-state index contributed by atoms with van der Waals surface area (Å²) in [6, 6.07) is 0.709. The second-order valence-electron chi connectivity index (χ2n) is 9.00. The van der Waals surface area contributed by atoms with Crippen LogP contribution in [-0.2, 0) is 35.2 Å². The van der Waals surface area contributed by atoms with Crippen molar-refractivity contribution in [1.82, 2.24) is 21.3 Å². The normalized spacial score (nSPS) is 13.4. The highest BCUT2D eigenvalue weighted by Gasteiger charge is 2.29. The van der Waals surface area contributed by atoms with Gasteiger partial charge < -0.3 is 53.8 Å². The maximum atomic E-state index is 12.9. The number of phenols is 1. The minimum absolute atomic E-state index is 0.0374. The SMILES string of the molecule is NC(N)=NCCCC(NC(=O)C(N)Cc1ccc(O)cc1)C(=O)NCC(=O)NC(CC(=O)O)C(=O)NC(CS)C(=O)O. The molecule has 0 radical (unpaired) electrons. The molecule has 1 aromatic carbocycles. The van der Waals surface area contributed by atoms with Gasteiger partial charge in [0.2, 0.25) is 23.6 Å². The molecule has 0 saturated carbocycles. The molecular weight excluding hydrogens is 576 g/mol. The van der Waals surface area contributed by atoms with Gasteiger partial charge in [0.05, 0.1) is 19.0 Å². The Morgan fingerprint density at radius 1 is 0.881 bits per heavy atom. The third kappa shape index (κ3) is 13.7. The van der Waals surface area contributed by atoms with Crippen molar-refractivity contribution in [2.24, 2.45) is 22.2 Å². The molecule has 1 aromatic rings. The second kappa shape index (κ2) is 18.0. The Bertz CT molecular complexity index is 1150. The number of rotatable bonds is 18. The Kier molecular flexibility index (Phi) is 15.2. The Morgan fingerprint density at radius 2 is 1.50 bits per heavy atom. The summed E-state index contributed by atoms with van der Waals surface area (Å²) in [5.41, 5.74) is 17.2. The molecule has 18 heteroatoms. The van der Waals surface area contributed by atoms with Crippen LogP contribution in [0.2, 0.25) is 0 Å². The van der Waals surface area contributed by atoms with Gasteiger partial charge in [-0.25, -0.2) is 4.79 Å². The van der Waals surface area contributed by atoms with E-state index < -0.39 is 72.7 Å². The van der Waals surface area contributed by atoms with Crippen molar-refractivity contribution in [3.8, 4) is 5.75 Å². The van der Waals surface area contributed by atoms with E-state index in [4.69, 9.17) is 27.4 Å². The molecule has 0 heterocycles. The Labute approximate surface area is 246 Å². The monoisotopic (exact) mass is 612 g/mol. The topological polar surface area (TPSA) is 302 Å². The number of aromatic hydroxyl groups is 1. The van der Waals surface area contributed by atoms with E-state index in [1.807, 2.05) is 0 Å². The van der Waals surface area contributed by atoms with Crippen molar-refractivity contribution >= 4 is 54.2 Å². The molecule has 0 fully saturated rings. The summed E-state index contributed by atoms with van der Waals surface area (Å²) in [6.45, 7) is -0.575. The second-order valence-corrected chi connectivity index (χ2v) is 9.37. The number of guanidine groups is 1. The molecule has 1 rings (SSSR count). The van der Waals surface area contributed by atoms with Crippen LogP contribution in [0.3, 0.4) is 0 Å². The first-order valence-corrected chi connectivity index (χ1v) is 13.2. The maximum Gasteiger partial charge on any atom is 0.327 e. The number of thiol groups is 1. The van der Waals surface area contributed by atoms with Gasteiger partial charge in [-0.15, -0.1) is 0 Å². The van der Waals surface area contributed by atoms with Crippen molar-refractivity contribution in [3.05, 3.63) is 29.8 Å². The maximum absolute atomic E-state index is 12.9. The first-order valence-electron chi connectivity index (χ1n) is 12.6. The molecule has 0 aliphatic carbocycles. The molecule has 4 atom stereocenters. The molecule has 0 aliphatic rings. The molecule has 4 unspecified atom stereocenters. The van der Waals surface area contributed by atoms with E-state index >= 15 is 0 Å². The van der Waals surface area contributed by atoms with E-state index in [0.29, 0.717) is 5.56 Å². The van der Waals surface area contributed by atoms with E-state index in [-0.39, 0.29) is 43.3 Å². The van der Waals surface area contributed by atoms with Crippen molar-refractivity contribution in [1.29, 1.82) is 0 Å². The zero-order valence-corrected chi connectivity index (χ0v) is 23.4. The average molecular weight is 613 g/mol. The van der Waals surface area contributed by atoms with Crippen LogP contribution in [0.25, 0.3) is 0 Å². The molecule has 13 N–H and O–H groups in total. The highest BCUT2D eigenvalue weighted by Crippen LogP contribution is 2.11. The zero-order chi connectivity index (χ0) is 31.8. The van der Waals surface area contributed by atoms with Crippen molar-refractivity contribution in [3.63, 3.8) is 0 Å². The van der Waals surface area contributed by atoms with Gasteiger partial charge in [0, 0.05) is 12.3 Å². The predicted octanol–water partition coefficient (Wildman–Crippen LogP) is -3.62. The van der Waals surface area contributed by atoms with Crippen LogP contribution in [-0.4, -0.2) is 99.9 Å². The summed E-state index contributed by atoms with van der Waals surface area (Å²) in [5, 5.41) is 36.6. The fourth-order valence-electron chi connectivity index (χ4n) is 3.41. The van der Waals surface area contributed by atoms with Crippen LogP contribution >= 0.6 is 12.6 Å². The number of nitrogens with one attached hydrogen (secondary N) is 4. The van der Waals surface area contributed by atoms with Gasteiger partial charge in [0.25, 0.3) is 0 Å². The highest BCUT2D eigenvalue weighted by molar-refractivity contribution is 7.80. The van der Waals surface area contributed by atoms with Crippen LogP contribution < -0.4 is 38.5 Å². The number of nitrogens with zero attached hydrogens (tertiary/aromatic N) is 1. The van der Waals surface area contributed by atoms with Crippen molar-refractivity contribution < 1.29 is 44.1 Å². The molecule has 0 aromatic heterocycles. The van der Waals surface area contributed by atoms with E-state index in [1.165, 1.54) is 12.1 Å². The first-order chi connectivity index (χ1) is 19.7. The average Bonchev–Trinajstić information content (AvgIpc) is 2.91. The lowest BCUT2D eigenvalue weighted by atomic mass is 10.0. The lowest BCUT2D eigenvalue weighted by Gasteiger charge is -2.22. The summed E-state index contributed by atoms with van der Waals surface area (Å²) in [5.74, 6) is -6.80. The smallest absolute Gasteiger partial charge is 0.327 e. The molecular formula is C24H36N8O9S. The van der Waals surface area contributed by atoms with Crippen LogP contribution in [0, 0.1) is 0 Å². The largest absolute Gasteiger partial charge is 0.508 e. The number of carboxylic acid groups (broad SMARTS) is 2. The molecule has 42 heavy (non-hydrogen) atoms. The van der Waals surface area contributed by atoms with Crippen LogP contribution in [0.4, 0.5) is 0 Å². The van der Waals surface area contributed by atoms with E-state index in [1.54, 1.807) is 12.1 Å². The third-order valence-corrected chi connectivity index (χ3v) is 5.92. The van der Waals surface area contributed by atoms with Gasteiger partial charge >= 0.3 is 11.9 Å². The highest BCUT2D eigenvalue weighted by atomic mass is 32.1. The minimum Gasteiger partial charge on any atom is -0.508 e. The van der Waals surface area contributed by atoms with Gasteiger partial charge in [0.1, 0.15) is 23.9 Å². The van der Waals surface area contributed by atoms with E-state index in [9.17, 15) is 33.9 Å². The number of hydrogen-bond donors (Lipinski definition) is 11. The summed E-state index contributed by atoms with van der Waals surface area (Å²) < 4.78 is 0. The van der Waals surface area contributed by atoms with Crippen LogP contribution in [0.15, 0.2) is 29.3 Å².